The predicted molar refractivity (Wildman–Crippen MR) is 126 cm³/mol. The first-order chi connectivity index (χ1) is 15.6. The average molecular weight is 453 g/mol. The van der Waals surface area contributed by atoms with Gasteiger partial charge in [-0.25, -0.2) is 9.18 Å². The molecule has 1 aromatic heterocycles. The van der Waals surface area contributed by atoms with E-state index in [-0.39, 0.29) is 17.1 Å². The average Bonchev–Trinajstić information content (AvgIpc) is 3.44. The van der Waals surface area contributed by atoms with E-state index in [2.05, 4.69) is 9.88 Å². The second kappa shape index (κ2) is 7.37. The third kappa shape index (κ3) is 3.67. The lowest BCUT2D eigenvalue weighted by molar-refractivity contribution is 0.0276. The van der Waals surface area contributed by atoms with Crippen LogP contribution >= 0.6 is 0 Å². The number of rotatable bonds is 2. The molecular formula is C25H29FN4O3. The zero-order chi connectivity index (χ0) is 23.5. The smallest absolute Gasteiger partial charge is 0.410 e. The van der Waals surface area contributed by atoms with Crippen LogP contribution in [0.2, 0.25) is 0 Å². The normalized spacial score (nSPS) is 21.0. The number of aromatic amines is 1. The van der Waals surface area contributed by atoms with E-state index in [1.165, 1.54) is 6.07 Å². The molecule has 2 aliphatic rings. The molecular weight excluding hydrogens is 423 g/mol. The van der Waals surface area contributed by atoms with Crippen LogP contribution in [0, 0.1) is 11.2 Å². The molecule has 2 saturated heterocycles. The van der Waals surface area contributed by atoms with Gasteiger partial charge >= 0.3 is 6.09 Å². The van der Waals surface area contributed by atoms with Crippen LogP contribution < -0.4 is 10.6 Å². The van der Waals surface area contributed by atoms with Gasteiger partial charge in [0.2, 0.25) is 0 Å². The van der Waals surface area contributed by atoms with Crippen molar-refractivity contribution in [2.45, 2.75) is 39.2 Å². The summed E-state index contributed by atoms with van der Waals surface area (Å²) in [5, 5.41) is 1.53. The number of hydrogen-bond donors (Lipinski definition) is 2. The summed E-state index contributed by atoms with van der Waals surface area (Å²) in [4.78, 5) is 31.7. The molecule has 8 heteroatoms. The van der Waals surface area contributed by atoms with Gasteiger partial charge in [0.1, 0.15) is 11.4 Å². The highest BCUT2D eigenvalue weighted by Gasteiger charge is 2.46. The van der Waals surface area contributed by atoms with Gasteiger partial charge in [-0.1, -0.05) is 18.2 Å². The molecule has 1 spiro atoms. The summed E-state index contributed by atoms with van der Waals surface area (Å²) >= 11 is 0. The molecule has 0 aliphatic carbocycles. The number of amides is 2. The van der Waals surface area contributed by atoms with Gasteiger partial charge in [-0.15, -0.1) is 0 Å². The lowest BCUT2D eigenvalue weighted by Gasteiger charge is -2.28. The molecule has 1 unspecified atom stereocenters. The Morgan fingerprint density at radius 1 is 1.15 bits per heavy atom. The molecule has 1 atom stereocenters. The molecule has 174 valence electrons. The van der Waals surface area contributed by atoms with E-state index in [0.717, 1.165) is 23.7 Å². The standard InChI is InChI=1S/C25H29FN4O3/c1-24(2,3)33-23(32)30-11-9-25(14-30)8-10-29(13-25)21-17(26)12-16(22(27)31)20-19(21)15-6-4-5-7-18(15)28-20/h4-7,12,28H,8-11,13-14H2,1-3H3,(H2,27,31). The molecule has 2 aromatic carbocycles. The molecule has 3 heterocycles. The number of nitrogens with zero attached hydrogens (tertiary/aromatic N) is 2. The minimum absolute atomic E-state index is 0.107. The third-order valence-corrected chi connectivity index (χ3v) is 6.82. The molecule has 0 bridgehead atoms. The Morgan fingerprint density at radius 3 is 2.61 bits per heavy atom. The van der Waals surface area contributed by atoms with Crippen LogP contribution in [-0.2, 0) is 4.74 Å². The molecule has 33 heavy (non-hydrogen) atoms. The number of hydrogen-bond acceptors (Lipinski definition) is 4. The molecule has 3 aromatic rings. The van der Waals surface area contributed by atoms with Crippen molar-refractivity contribution in [1.29, 1.82) is 0 Å². The van der Waals surface area contributed by atoms with Crippen molar-refractivity contribution in [2.24, 2.45) is 11.1 Å². The van der Waals surface area contributed by atoms with Gasteiger partial charge in [0, 0.05) is 47.9 Å². The van der Waals surface area contributed by atoms with Gasteiger partial charge < -0.3 is 25.3 Å². The number of anilines is 1. The molecule has 5 rings (SSSR count). The Morgan fingerprint density at radius 2 is 1.88 bits per heavy atom. The Bertz CT molecular complexity index is 1280. The van der Waals surface area contributed by atoms with E-state index in [1.54, 1.807) is 4.90 Å². The summed E-state index contributed by atoms with van der Waals surface area (Å²) < 4.78 is 21.1. The highest BCUT2D eigenvalue weighted by molar-refractivity contribution is 6.19. The van der Waals surface area contributed by atoms with Crippen LogP contribution in [0.5, 0.6) is 0 Å². The van der Waals surface area contributed by atoms with Gasteiger partial charge in [0.05, 0.1) is 16.8 Å². The highest BCUT2D eigenvalue weighted by atomic mass is 19.1. The van der Waals surface area contributed by atoms with E-state index in [1.807, 2.05) is 45.0 Å². The zero-order valence-electron chi connectivity index (χ0n) is 19.2. The number of fused-ring (bicyclic) bond motifs is 3. The fourth-order valence-electron chi connectivity index (χ4n) is 5.36. The maximum Gasteiger partial charge on any atom is 0.410 e. The minimum atomic E-state index is -0.668. The predicted octanol–water partition coefficient (Wildman–Crippen LogP) is 4.40. The summed E-state index contributed by atoms with van der Waals surface area (Å²) in [5.41, 5.74) is 6.94. The summed E-state index contributed by atoms with van der Waals surface area (Å²) in [6, 6.07) is 8.86. The quantitative estimate of drug-likeness (QED) is 0.603. The monoisotopic (exact) mass is 452 g/mol. The van der Waals surface area contributed by atoms with Crippen LogP contribution in [0.3, 0.4) is 0 Å². The van der Waals surface area contributed by atoms with Gasteiger partial charge in [-0.2, -0.15) is 0 Å². The minimum Gasteiger partial charge on any atom is -0.444 e. The number of H-pyrrole nitrogens is 1. The van der Waals surface area contributed by atoms with Crippen molar-refractivity contribution < 1.29 is 18.7 Å². The molecule has 0 saturated carbocycles. The number of benzene rings is 2. The van der Waals surface area contributed by atoms with Gasteiger partial charge in [0.15, 0.2) is 0 Å². The van der Waals surface area contributed by atoms with Crippen molar-refractivity contribution in [3.05, 3.63) is 41.7 Å². The number of halogens is 1. The van der Waals surface area contributed by atoms with Crippen LogP contribution in [0.15, 0.2) is 30.3 Å². The summed E-state index contributed by atoms with van der Waals surface area (Å²) in [6.07, 6.45) is 1.40. The van der Waals surface area contributed by atoms with Crippen LogP contribution in [0.4, 0.5) is 14.9 Å². The molecule has 2 fully saturated rings. The number of likely N-dealkylation sites (tertiary alicyclic amines) is 1. The van der Waals surface area contributed by atoms with E-state index in [4.69, 9.17) is 10.5 Å². The maximum atomic E-state index is 15.5. The zero-order valence-corrected chi connectivity index (χ0v) is 19.2. The first-order valence-corrected chi connectivity index (χ1v) is 11.3. The number of carbonyl (C=O) groups excluding carboxylic acids is 2. The SMILES string of the molecule is CC(C)(C)OC(=O)N1CCC2(CCN(c3c(F)cc(C(N)=O)c4[nH]c5ccccc5c34)C2)C1. The summed E-state index contributed by atoms with van der Waals surface area (Å²) in [6.45, 7) is 8.11. The van der Waals surface area contributed by atoms with Gasteiger partial charge in [-0.3, -0.25) is 4.79 Å². The van der Waals surface area contributed by atoms with Crippen molar-refractivity contribution in [1.82, 2.24) is 9.88 Å². The largest absolute Gasteiger partial charge is 0.444 e. The number of para-hydroxylation sites is 1. The van der Waals surface area contributed by atoms with E-state index < -0.39 is 17.3 Å². The van der Waals surface area contributed by atoms with Crippen LogP contribution in [0.1, 0.15) is 44.0 Å². The number of aromatic nitrogens is 1. The summed E-state index contributed by atoms with van der Waals surface area (Å²) in [7, 11) is 0. The van der Waals surface area contributed by atoms with E-state index in [9.17, 15) is 9.59 Å². The molecule has 3 N–H and O–H groups in total. The topological polar surface area (TPSA) is 91.7 Å². The lowest BCUT2D eigenvalue weighted by atomic mass is 9.86. The Labute approximate surface area is 191 Å². The third-order valence-electron chi connectivity index (χ3n) is 6.82. The maximum absolute atomic E-state index is 15.5. The van der Waals surface area contributed by atoms with Crippen molar-refractivity contribution in [3.63, 3.8) is 0 Å². The summed E-state index contributed by atoms with van der Waals surface area (Å²) in [5.74, 6) is -1.13. The molecule has 2 aliphatic heterocycles. The number of carbonyl (C=O) groups is 2. The second-order valence-corrected chi connectivity index (χ2v) is 10.4. The fraction of sp³-hybridized carbons (Fsp3) is 0.440. The molecule has 7 nitrogen and oxygen atoms in total. The molecule has 2 amide bonds. The number of ether oxygens (including phenoxy) is 1. The van der Waals surface area contributed by atoms with Crippen LogP contribution in [0.25, 0.3) is 21.8 Å². The Balaban J connectivity index is 1.50. The van der Waals surface area contributed by atoms with Crippen LogP contribution in [-0.4, -0.2) is 53.7 Å². The highest BCUT2D eigenvalue weighted by Crippen LogP contribution is 2.45. The fourth-order valence-corrected chi connectivity index (χ4v) is 5.36. The Kier molecular flexibility index (Phi) is 4.81. The van der Waals surface area contributed by atoms with Crippen molar-refractivity contribution >= 4 is 39.5 Å². The van der Waals surface area contributed by atoms with E-state index >= 15 is 4.39 Å². The van der Waals surface area contributed by atoms with Crippen molar-refractivity contribution in [3.8, 4) is 0 Å². The number of primary amides is 1. The first-order valence-electron chi connectivity index (χ1n) is 11.3. The molecule has 0 radical (unpaired) electrons. The van der Waals surface area contributed by atoms with E-state index in [0.29, 0.717) is 42.8 Å². The van der Waals surface area contributed by atoms with Gasteiger partial charge in [0.25, 0.3) is 5.91 Å². The Hall–Kier alpha value is -3.29. The first kappa shape index (κ1) is 21.6. The number of nitrogens with two attached hydrogens (primary N) is 1. The van der Waals surface area contributed by atoms with Crippen molar-refractivity contribution in [2.75, 3.05) is 31.1 Å². The lowest BCUT2D eigenvalue weighted by Crippen LogP contribution is -2.37. The van der Waals surface area contributed by atoms with Gasteiger partial charge in [-0.05, 0) is 45.7 Å². The number of nitrogens with one attached hydrogen (secondary N) is 1. The second-order valence-electron chi connectivity index (χ2n) is 10.4.